The summed E-state index contributed by atoms with van der Waals surface area (Å²) in [6.07, 6.45) is -4.53. The van der Waals surface area contributed by atoms with E-state index < -0.39 is 17.6 Å². The summed E-state index contributed by atoms with van der Waals surface area (Å²) in [4.78, 5) is 28.7. The Balaban J connectivity index is 1.44. The van der Waals surface area contributed by atoms with Crippen molar-refractivity contribution in [3.8, 4) is 0 Å². The number of nitrogens with one attached hydrogen (secondary N) is 2. The topological polar surface area (TPSA) is 64.7 Å². The summed E-state index contributed by atoms with van der Waals surface area (Å²) >= 11 is 0. The van der Waals surface area contributed by atoms with E-state index in [-0.39, 0.29) is 24.2 Å². The van der Waals surface area contributed by atoms with Crippen molar-refractivity contribution in [1.82, 2.24) is 15.1 Å². The Morgan fingerprint density at radius 3 is 2.25 bits per heavy atom. The van der Waals surface area contributed by atoms with Gasteiger partial charge in [-0.15, -0.1) is 0 Å². The van der Waals surface area contributed by atoms with Gasteiger partial charge in [0.25, 0.3) is 0 Å². The van der Waals surface area contributed by atoms with Gasteiger partial charge in [0.2, 0.25) is 11.8 Å². The molecule has 1 atom stereocenters. The van der Waals surface area contributed by atoms with Crippen LogP contribution in [0.4, 0.5) is 18.9 Å². The first kappa shape index (κ1) is 23.7. The fourth-order valence-corrected chi connectivity index (χ4v) is 3.64. The number of amides is 2. The Labute approximate surface area is 185 Å². The number of carbonyl (C=O) groups excluding carboxylic acids is 2. The monoisotopic (exact) mass is 448 g/mol. The van der Waals surface area contributed by atoms with Gasteiger partial charge in [0, 0.05) is 32.7 Å². The van der Waals surface area contributed by atoms with Crippen molar-refractivity contribution in [1.29, 1.82) is 0 Å². The number of piperazine rings is 1. The second-order valence-electron chi connectivity index (χ2n) is 7.78. The standard InChI is InChI=1S/C23H27F3N4O2/c1-17(22(32)27-15-18-7-3-2-4-8-18)30-13-11-29(12-14-30)16-21(31)28-20-10-6-5-9-19(20)23(24,25)26/h2-10,17H,11-16H2,1H3,(H,27,32)(H,28,31). The zero-order valence-electron chi connectivity index (χ0n) is 17.9. The average molecular weight is 448 g/mol. The zero-order valence-corrected chi connectivity index (χ0v) is 17.9. The second kappa shape index (κ2) is 10.6. The molecule has 172 valence electrons. The van der Waals surface area contributed by atoms with Gasteiger partial charge in [0.05, 0.1) is 23.8 Å². The molecule has 1 aliphatic rings. The maximum atomic E-state index is 13.1. The van der Waals surface area contributed by atoms with E-state index in [4.69, 9.17) is 0 Å². The molecule has 0 aromatic heterocycles. The van der Waals surface area contributed by atoms with E-state index in [9.17, 15) is 22.8 Å². The predicted molar refractivity (Wildman–Crippen MR) is 116 cm³/mol. The van der Waals surface area contributed by atoms with E-state index in [1.165, 1.54) is 18.2 Å². The lowest BCUT2D eigenvalue weighted by molar-refractivity contribution is -0.137. The van der Waals surface area contributed by atoms with E-state index in [1.54, 1.807) is 0 Å². The smallest absolute Gasteiger partial charge is 0.351 e. The van der Waals surface area contributed by atoms with Crippen LogP contribution in [0.5, 0.6) is 0 Å². The summed E-state index contributed by atoms with van der Waals surface area (Å²) in [5.74, 6) is -0.562. The lowest BCUT2D eigenvalue weighted by Crippen LogP contribution is -2.54. The molecule has 3 rings (SSSR count). The van der Waals surface area contributed by atoms with Crippen molar-refractivity contribution in [3.05, 3.63) is 65.7 Å². The molecule has 32 heavy (non-hydrogen) atoms. The van der Waals surface area contributed by atoms with E-state index >= 15 is 0 Å². The van der Waals surface area contributed by atoms with Crippen molar-refractivity contribution in [2.75, 3.05) is 38.0 Å². The number of hydrogen-bond donors (Lipinski definition) is 2. The molecule has 0 aliphatic carbocycles. The molecule has 2 amide bonds. The molecule has 0 bridgehead atoms. The molecule has 1 unspecified atom stereocenters. The van der Waals surface area contributed by atoms with Crippen molar-refractivity contribution < 1.29 is 22.8 Å². The quantitative estimate of drug-likeness (QED) is 0.684. The second-order valence-corrected chi connectivity index (χ2v) is 7.78. The van der Waals surface area contributed by atoms with E-state index in [2.05, 4.69) is 10.6 Å². The molecule has 1 saturated heterocycles. The van der Waals surface area contributed by atoms with Crippen LogP contribution in [0, 0.1) is 0 Å². The van der Waals surface area contributed by atoms with Gasteiger partial charge in [-0.3, -0.25) is 19.4 Å². The minimum absolute atomic E-state index is 0.00534. The van der Waals surface area contributed by atoms with E-state index in [0.717, 1.165) is 11.6 Å². The summed E-state index contributed by atoms with van der Waals surface area (Å²) in [6.45, 7) is 4.57. The van der Waals surface area contributed by atoms with Crippen LogP contribution in [0.25, 0.3) is 0 Å². The summed E-state index contributed by atoms with van der Waals surface area (Å²) in [5.41, 5.74) is -0.0863. The van der Waals surface area contributed by atoms with E-state index in [1.807, 2.05) is 47.1 Å². The highest BCUT2D eigenvalue weighted by Gasteiger charge is 2.34. The summed E-state index contributed by atoms with van der Waals surface area (Å²) in [7, 11) is 0. The van der Waals surface area contributed by atoms with Crippen LogP contribution < -0.4 is 10.6 Å². The van der Waals surface area contributed by atoms with Gasteiger partial charge in [0.15, 0.2) is 0 Å². The van der Waals surface area contributed by atoms with Crippen LogP contribution in [-0.4, -0.2) is 60.4 Å². The van der Waals surface area contributed by atoms with Crippen molar-refractivity contribution in [2.24, 2.45) is 0 Å². The number of rotatable bonds is 7. The van der Waals surface area contributed by atoms with Crippen LogP contribution in [0.2, 0.25) is 0 Å². The molecule has 2 aromatic rings. The number of halogens is 3. The number of nitrogens with zero attached hydrogens (tertiary/aromatic N) is 2. The zero-order chi connectivity index (χ0) is 23.1. The summed E-state index contributed by atoms with van der Waals surface area (Å²) in [5, 5.41) is 5.30. The summed E-state index contributed by atoms with van der Waals surface area (Å²) < 4.78 is 39.3. The Kier molecular flexibility index (Phi) is 7.87. The maximum absolute atomic E-state index is 13.1. The molecule has 1 fully saturated rings. The van der Waals surface area contributed by atoms with Gasteiger partial charge in [-0.2, -0.15) is 13.2 Å². The van der Waals surface area contributed by atoms with Gasteiger partial charge in [-0.25, -0.2) is 0 Å². The molecule has 9 heteroatoms. The maximum Gasteiger partial charge on any atom is 0.418 e. The molecule has 0 saturated carbocycles. The SMILES string of the molecule is CC(C(=O)NCc1ccccc1)N1CCN(CC(=O)Nc2ccccc2C(F)(F)F)CC1. The van der Waals surface area contributed by atoms with Crippen LogP contribution in [0.3, 0.4) is 0 Å². The largest absolute Gasteiger partial charge is 0.418 e. The minimum Gasteiger partial charge on any atom is -0.351 e. The molecule has 1 aliphatic heterocycles. The Hall–Kier alpha value is -2.91. The third-order valence-corrected chi connectivity index (χ3v) is 5.52. The third kappa shape index (κ3) is 6.54. The molecule has 6 nitrogen and oxygen atoms in total. The van der Waals surface area contributed by atoms with Crippen LogP contribution in [0.1, 0.15) is 18.1 Å². The molecule has 1 heterocycles. The molecule has 2 aromatic carbocycles. The summed E-state index contributed by atoms with van der Waals surface area (Å²) in [6, 6.07) is 14.3. The fraction of sp³-hybridized carbons (Fsp3) is 0.391. The Morgan fingerprint density at radius 2 is 1.59 bits per heavy atom. The van der Waals surface area contributed by atoms with Gasteiger partial charge in [-0.05, 0) is 24.6 Å². The lowest BCUT2D eigenvalue weighted by Gasteiger charge is -2.37. The number of anilines is 1. The molecular formula is C23H27F3N4O2. The van der Waals surface area contributed by atoms with Crippen LogP contribution in [0.15, 0.2) is 54.6 Å². The minimum atomic E-state index is -4.53. The first-order chi connectivity index (χ1) is 15.2. The highest BCUT2D eigenvalue weighted by molar-refractivity contribution is 5.93. The van der Waals surface area contributed by atoms with Gasteiger partial charge >= 0.3 is 6.18 Å². The molecule has 2 N–H and O–H groups in total. The Bertz CT molecular complexity index is 913. The van der Waals surface area contributed by atoms with Gasteiger partial charge in [0.1, 0.15) is 0 Å². The number of carbonyl (C=O) groups is 2. The van der Waals surface area contributed by atoms with Crippen LogP contribution in [-0.2, 0) is 22.3 Å². The predicted octanol–water partition coefficient (Wildman–Crippen LogP) is 2.97. The highest BCUT2D eigenvalue weighted by Crippen LogP contribution is 2.34. The van der Waals surface area contributed by atoms with Gasteiger partial charge in [-0.1, -0.05) is 42.5 Å². The third-order valence-electron chi connectivity index (χ3n) is 5.52. The van der Waals surface area contributed by atoms with Crippen molar-refractivity contribution in [2.45, 2.75) is 25.7 Å². The van der Waals surface area contributed by atoms with Gasteiger partial charge < -0.3 is 10.6 Å². The van der Waals surface area contributed by atoms with Crippen molar-refractivity contribution >= 4 is 17.5 Å². The van der Waals surface area contributed by atoms with Crippen molar-refractivity contribution in [3.63, 3.8) is 0 Å². The fourth-order valence-electron chi connectivity index (χ4n) is 3.64. The number of alkyl halides is 3. The lowest BCUT2D eigenvalue weighted by atomic mass is 10.1. The normalized spacial score (nSPS) is 16.4. The number of para-hydroxylation sites is 1. The first-order valence-corrected chi connectivity index (χ1v) is 10.5. The molecule has 0 spiro atoms. The van der Waals surface area contributed by atoms with Crippen LogP contribution >= 0.6 is 0 Å². The number of hydrogen-bond acceptors (Lipinski definition) is 4. The highest BCUT2D eigenvalue weighted by atomic mass is 19.4. The molecule has 0 radical (unpaired) electrons. The average Bonchev–Trinajstić information content (AvgIpc) is 2.78. The number of benzene rings is 2. The first-order valence-electron chi connectivity index (χ1n) is 10.5. The van der Waals surface area contributed by atoms with E-state index in [0.29, 0.717) is 32.7 Å². The molecular weight excluding hydrogens is 421 g/mol. The Morgan fingerprint density at radius 1 is 0.969 bits per heavy atom.